The summed E-state index contributed by atoms with van der Waals surface area (Å²) in [5, 5.41) is 3.22. The molecule has 0 radical (unpaired) electrons. The summed E-state index contributed by atoms with van der Waals surface area (Å²) < 4.78 is 5.54. The molecule has 1 aromatic rings. The number of halogens is 2. The second-order valence-corrected chi connectivity index (χ2v) is 6.55. The van der Waals surface area contributed by atoms with Gasteiger partial charge in [-0.3, -0.25) is 4.79 Å². The first-order valence-electron chi connectivity index (χ1n) is 6.64. The summed E-state index contributed by atoms with van der Waals surface area (Å²) in [6.45, 7) is 9.61. The van der Waals surface area contributed by atoms with Crippen LogP contribution in [0.15, 0.2) is 18.2 Å². The van der Waals surface area contributed by atoms with Gasteiger partial charge in [0.25, 0.3) is 0 Å². The predicted octanol–water partition coefficient (Wildman–Crippen LogP) is 3.86. The van der Waals surface area contributed by atoms with E-state index in [-0.39, 0.29) is 29.8 Å². The van der Waals surface area contributed by atoms with Gasteiger partial charge in [0.05, 0.1) is 17.2 Å². The molecule has 21 heavy (non-hydrogen) atoms. The van der Waals surface area contributed by atoms with Crippen LogP contribution in [0.4, 0.5) is 5.69 Å². The van der Waals surface area contributed by atoms with Crippen molar-refractivity contribution in [2.75, 3.05) is 5.32 Å². The molecule has 0 aliphatic rings. The smallest absolute Gasteiger partial charge is 0.241 e. The average molecular weight is 335 g/mol. The summed E-state index contributed by atoms with van der Waals surface area (Å²) in [6, 6.07) is 4.55. The van der Waals surface area contributed by atoms with Gasteiger partial charge in [0.15, 0.2) is 0 Å². The Morgan fingerprint density at radius 3 is 2.33 bits per heavy atom. The van der Waals surface area contributed by atoms with Gasteiger partial charge in [-0.1, -0.05) is 32.4 Å². The topological polar surface area (TPSA) is 64.3 Å². The molecule has 0 spiro atoms. The van der Waals surface area contributed by atoms with E-state index < -0.39 is 6.04 Å². The van der Waals surface area contributed by atoms with Gasteiger partial charge in [-0.15, -0.1) is 12.4 Å². The van der Waals surface area contributed by atoms with Crippen LogP contribution >= 0.6 is 24.0 Å². The minimum Gasteiger partial charge on any atom is -0.489 e. The zero-order chi connectivity index (χ0) is 15.5. The van der Waals surface area contributed by atoms with Crippen LogP contribution in [0, 0.1) is 5.41 Å². The minimum absolute atomic E-state index is 0. The number of amides is 1. The largest absolute Gasteiger partial charge is 0.489 e. The second kappa shape index (κ2) is 7.87. The molecule has 1 amide bonds. The number of nitrogens with two attached hydrogens (primary N) is 1. The maximum absolute atomic E-state index is 12.0. The lowest BCUT2D eigenvalue weighted by Gasteiger charge is -2.25. The van der Waals surface area contributed by atoms with Gasteiger partial charge in [-0.2, -0.15) is 0 Å². The van der Waals surface area contributed by atoms with E-state index in [1.54, 1.807) is 18.2 Å². The molecule has 0 saturated carbocycles. The lowest BCUT2D eigenvalue weighted by atomic mass is 9.87. The molecule has 0 saturated heterocycles. The monoisotopic (exact) mass is 334 g/mol. The van der Waals surface area contributed by atoms with Crippen molar-refractivity contribution >= 4 is 35.6 Å². The first-order chi connectivity index (χ1) is 9.11. The molecule has 3 N–H and O–H groups in total. The Labute approximate surface area is 137 Å². The Kier molecular flexibility index (Phi) is 7.51. The van der Waals surface area contributed by atoms with Crippen molar-refractivity contribution in [1.82, 2.24) is 0 Å². The molecule has 4 nitrogen and oxygen atoms in total. The van der Waals surface area contributed by atoms with E-state index in [1.165, 1.54) is 0 Å². The van der Waals surface area contributed by atoms with Gasteiger partial charge in [-0.25, -0.2) is 0 Å². The molecule has 0 aromatic heterocycles. The van der Waals surface area contributed by atoms with Crippen molar-refractivity contribution in [3.8, 4) is 5.75 Å². The van der Waals surface area contributed by atoms with E-state index >= 15 is 0 Å². The Morgan fingerprint density at radius 2 is 1.90 bits per heavy atom. The molecule has 0 bridgehead atoms. The number of nitrogens with one attached hydrogen (secondary N) is 1. The van der Waals surface area contributed by atoms with Crippen molar-refractivity contribution < 1.29 is 9.53 Å². The third-order valence-electron chi connectivity index (χ3n) is 2.78. The maximum Gasteiger partial charge on any atom is 0.241 e. The molecule has 0 aliphatic carbocycles. The zero-order valence-electron chi connectivity index (χ0n) is 13.1. The van der Waals surface area contributed by atoms with Crippen molar-refractivity contribution in [3.05, 3.63) is 23.2 Å². The van der Waals surface area contributed by atoms with Gasteiger partial charge in [0.1, 0.15) is 5.75 Å². The Morgan fingerprint density at radius 1 is 1.33 bits per heavy atom. The molecule has 0 unspecified atom stereocenters. The first-order valence-corrected chi connectivity index (χ1v) is 7.01. The highest BCUT2D eigenvalue weighted by Crippen LogP contribution is 2.29. The quantitative estimate of drug-likeness (QED) is 0.878. The zero-order valence-corrected chi connectivity index (χ0v) is 14.6. The molecule has 1 aromatic carbocycles. The standard InChI is InChI=1S/C15H23ClN2O2.ClH/c1-9(2)20-12-7-6-10(8-11(12)16)18-14(19)13(17)15(3,4)5;/h6-9,13H,17H2,1-5H3,(H,18,19);1H/t13-;/m1./s1. The third-order valence-corrected chi connectivity index (χ3v) is 3.07. The predicted molar refractivity (Wildman–Crippen MR) is 90.5 cm³/mol. The minimum atomic E-state index is -0.590. The second-order valence-electron chi connectivity index (χ2n) is 6.14. The van der Waals surface area contributed by atoms with Crippen LogP contribution in [-0.2, 0) is 4.79 Å². The number of hydrogen-bond donors (Lipinski definition) is 2. The summed E-state index contributed by atoms with van der Waals surface area (Å²) in [7, 11) is 0. The van der Waals surface area contributed by atoms with Gasteiger partial charge < -0.3 is 15.8 Å². The number of hydrogen-bond acceptors (Lipinski definition) is 3. The fourth-order valence-corrected chi connectivity index (χ4v) is 1.77. The molecule has 1 rings (SSSR count). The van der Waals surface area contributed by atoms with Crippen LogP contribution < -0.4 is 15.8 Å². The molecule has 0 aliphatic heterocycles. The first kappa shape index (κ1) is 20.0. The van der Waals surface area contributed by atoms with Gasteiger partial charge >= 0.3 is 0 Å². The average Bonchev–Trinajstić information content (AvgIpc) is 2.30. The lowest BCUT2D eigenvalue weighted by molar-refractivity contribution is -0.119. The van der Waals surface area contributed by atoms with Crippen LogP contribution in [-0.4, -0.2) is 18.1 Å². The van der Waals surface area contributed by atoms with E-state index in [0.29, 0.717) is 16.5 Å². The van der Waals surface area contributed by atoms with Crippen LogP contribution in [0.25, 0.3) is 0 Å². The van der Waals surface area contributed by atoms with Crippen molar-refractivity contribution in [1.29, 1.82) is 0 Å². The third kappa shape index (κ3) is 6.12. The van der Waals surface area contributed by atoms with E-state index in [9.17, 15) is 4.79 Å². The number of benzene rings is 1. The van der Waals surface area contributed by atoms with Crippen molar-refractivity contribution in [2.24, 2.45) is 11.1 Å². The number of rotatable bonds is 4. The van der Waals surface area contributed by atoms with E-state index in [2.05, 4.69) is 5.32 Å². The summed E-state index contributed by atoms with van der Waals surface area (Å²) in [4.78, 5) is 12.0. The summed E-state index contributed by atoms with van der Waals surface area (Å²) in [5.74, 6) is 0.367. The summed E-state index contributed by atoms with van der Waals surface area (Å²) in [6.07, 6.45) is 0.0438. The molecular weight excluding hydrogens is 311 g/mol. The lowest BCUT2D eigenvalue weighted by Crippen LogP contribution is -2.45. The highest BCUT2D eigenvalue weighted by molar-refractivity contribution is 6.32. The molecule has 0 fully saturated rings. The maximum atomic E-state index is 12.0. The fraction of sp³-hybridized carbons (Fsp3) is 0.533. The van der Waals surface area contributed by atoms with E-state index in [0.717, 1.165) is 0 Å². The number of anilines is 1. The number of carbonyl (C=O) groups is 1. The van der Waals surface area contributed by atoms with Crippen molar-refractivity contribution in [3.63, 3.8) is 0 Å². The van der Waals surface area contributed by atoms with Gasteiger partial charge in [0, 0.05) is 5.69 Å². The Bertz CT molecular complexity index is 485. The molecule has 1 atom stereocenters. The van der Waals surface area contributed by atoms with Gasteiger partial charge in [0.2, 0.25) is 5.91 Å². The van der Waals surface area contributed by atoms with E-state index in [1.807, 2.05) is 34.6 Å². The molecule has 6 heteroatoms. The number of carbonyl (C=O) groups excluding carboxylic acids is 1. The molecule has 0 heterocycles. The van der Waals surface area contributed by atoms with Crippen molar-refractivity contribution in [2.45, 2.75) is 46.8 Å². The number of ether oxygens (including phenoxy) is 1. The molecular formula is C15H24Cl2N2O2. The summed E-state index contributed by atoms with van der Waals surface area (Å²) >= 11 is 6.12. The highest BCUT2D eigenvalue weighted by atomic mass is 35.5. The normalized spacial score (nSPS) is 12.6. The Hall–Kier alpha value is -0.970. The highest BCUT2D eigenvalue weighted by Gasteiger charge is 2.27. The fourth-order valence-electron chi connectivity index (χ4n) is 1.54. The van der Waals surface area contributed by atoms with Crippen LogP contribution in [0.1, 0.15) is 34.6 Å². The van der Waals surface area contributed by atoms with Gasteiger partial charge in [-0.05, 0) is 37.5 Å². The van der Waals surface area contributed by atoms with Crippen LogP contribution in [0.2, 0.25) is 5.02 Å². The van der Waals surface area contributed by atoms with Crippen LogP contribution in [0.3, 0.4) is 0 Å². The summed E-state index contributed by atoms with van der Waals surface area (Å²) in [5.41, 5.74) is 6.22. The Balaban J connectivity index is 0.00000400. The van der Waals surface area contributed by atoms with Crippen LogP contribution in [0.5, 0.6) is 5.75 Å². The SMILES string of the molecule is CC(C)Oc1ccc(NC(=O)[C@@H](N)C(C)(C)C)cc1Cl.Cl. The van der Waals surface area contributed by atoms with E-state index in [4.69, 9.17) is 22.1 Å². The molecule has 120 valence electrons.